The highest BCUT2D eigenvalue weighted by atomic mass is 35.5. The van der Waals surface area contributed by atoms with Crippen LogP contribution < -0.4 is 11.1 Å². The summed E-state index contributed by atoms with van der Waals surface area (Å²) in [4.78, 5) is 77.4. The summed E-state index contributed by atoms with van der Waals surface area (Å²) in [5, 5.41) is 45.9. The number of anilines is 1. The number of aromatic nitrogens is 1. The number of carbonyl (C=O) groups excluding carboxylic acids is 3. The van der Waals surface area contributed by atoms with Crippen molar-refractivity contribution in [2.24, 2.45) is 5.16 Å². The molecule has 0 aliphatic carbocycles. The predicted molar refractivity (Wildman–Crippen MR) is 177 cm³/mol. The van der Waals surface area contributed by atoms with Gasteiger partial charge in [0.25, 0.3) is 17.7 Å². The number of β-lactam (4-membered cyclic amide) rings is 1. The molecule has 2 saturated heterocycles. The number of carboxylic acids is 2. The number of hydrogen-bond donors (Lipinski definition) is 6. The summed E-state index contributed by atoms with van der Waals surface area (Å²) in [6.45, 7) is 3.29. The zero-order valence-electron chi connectivity index (χ0n) is 26.2. The molecule has 49 heavy (non-hydrogen) atoms. The molecule has 0 radical (unpaired) electrons. The summed E-state index contributed by atoms with van der Waals surface area (Å²) in [7, 11) is 1.78. The number of nitrogens with two attached hydrogens (primary N) is 1. The molecule has 5 rings (SSSR count). The van der Waals surface area contributed by atoms with Gasteiger partial charge in [-0.15, -0.1) is 23.1 Å². The Morgan fingerprint density at radius 2 is 1.96 bits per heavy atom. The molecule has 17 nitrogen and oxygen atoms in total. The number of aromatic hydroxyl groups is 2. The summed E-state index contributed by atoms with van der Waals surface area (Å²) < 4.78 is 0. The third kappa shape index (κ3) is 6.96. The van der Waals surface area contributed by atoms with E-state index in [2.05, 4.69) is 15.5 Å². The van der Waals surface area contributed by atoms with Crippen LogP contribution in [0.4, 0.5) is 5.13 Å². The molecule has 7 N–H and O–H groups in total. The monoisotopic (exact) mass is 737 g/mol. The van der Waals surface area contributed by atoms with Crippen LogP contribution in [0.2, 0.25) is 5.02 Å². The van der Waals surface area contributed by atoms with Gasteiger partial charge >= 0.3 is 11.9 Å². The summed E-state index contributed by atoms with van der Waals surface area (Å²) in [6, 6.07) is 1.21. The Morgan fingerprint density at radius 3 is 2.59 bits per heavy atom. The number of oxime groups is 1. The van der Waals surface area contributed by atoms with E-state index in [0.29, 0.717) is 18.5 Å². The molecule has 0 spiro atoms. The standard InChI is InChI=1S/C29H32ClN7O10S2/c1-29(2,27(45)46)47-34-18(15-11-49-28(31)32-15)22(40)33-19-24(42)37-20(26(43)44)12(10-48-25(19)37)8-35(3)13-6-7-36(9-13)23(41)14-4-5-16(38)21(39)17(14)30/h4-5,11,13,19,25,38-39H,6-10H2,1-3H3,(H2,31,32)(H,33,40)(H,43,44)(H,45,46)/b34-18-/t13-,19-,25-/m1/s1. The summed E-state index contributed by atoms with van der Waals surface area (Å²) in [6.07, 6.45) is 0.564. The van der Waals surface area contributed by atoms with Crippen molar-refractivity contribution < 1.29 is 49.2 Å². The Morgan fingerprint density at radius 1 is 1.24 bits per heavy atom. The van der Waals surface area contributed by atoms with Crippen LogP contribution in [0.25, 0.3) is 0 Å². The molecule has 3 atom stereocenters. The first-order valence-electron chi connectivity index (χ1n) is 14.6. The lowest BCUT2D eigenvalue weighted by Gasteiger charge is -2.49. The Labute approximate surface area is 291 Å². The lowest BCUT2D eigenvalue weighted by molar-refractivity contribution is -0.161. The molecular formula is C29H32ClN7O10S2. The molecule has 3 aliphatic heterocycles. The summed E-state index contributed by atoms with van der Waals surface area (Å²) >= 11 is 8.35. The largest absolute Gasteiger partial charge is 0.504 e. The van der Waals surface area contributed by atoms with E-state index in [1.165, 1.54) is 43.1 Å². The molecular weight excluding hydrogens is 706 g/mol. The minimum absolute atomic E-state index is 0.00551. The van der Waals surface area contributed by atoms with Crippen molar-refractivity contribution in [1.29, 1.82) is 0 Å². The second-order valence-corrected chi connectivity index (χ2v) is 14.3. The number of nitrogen functional groups attached to an aromatic ring is 1. The highest BCUT2D eigenvalue weighted by Gasteiger charge is 2.54. The van der Waals surface area contributed by atoms with E-state index in [1.807, 2.05) is 4.90 Å². The minimum atomic E-state index is -1.79. The second kappa shape index (κ2) is 13.7. The molecule has 0 unspecified atom stereocenters. The van der Waals surface area contributed by atoms with E-state index in [1.54, 1.807) is 11.9 Å². The molecule has 1 aromatic heterocycles. The number of fused-ring (bicyclic) bond motifs is 1. The number of rotatable bonds is 11. The van der Waals surface area contributed by atoms with Gasteiger partial charge in [-0.25, -0.2) is 14.6 Å². The van der Waals surface area contributed by atoms with E-state index in [4.69, 9.17) is 22.2 Å². The number of amides is 3. The topological polar surface area (TPSA) is 249 Å². The second-order valence-electron chi connectivity index (χ2n) is 11.9. The van der Waals surface area contributed by atoms with E-state index in [-0.39, 0.29) is 52.0 Å². The molecule has 1 aromatic carbocycles. The first-order chi connectivity index (χ1) is 23.0. The van der Waals surface area contributed by atoms with Crippen molar-refractivity contribution in [2.45, 2.75) is 43.3 Å². The lowest BCUT2D eigenvalue weighted by atomic mass is 10.0. The van der Waals surface area contributed by atoms with Crippen LogP contribution in [-0.4, -0.2) is 131 Å². The number of thioether (sulfide) groups is 1. The minimum Gasteiger partial charge on any atom is -0.504 e. The average molecular weight is 738 g/mol. The van der Waals surface area contributed by atoms with Gasteiger partial charge in [0.2, 0.25) is 5.60 Å². The van der Waals surface area contributed by atoms with E-state index in [0.717, 1.165) is 16.2 Å². The van der Waals surface area contributed by atoms with Crippen LogP contribution in [0.1, 0.15) is 36.3 Å². The van der Waals surface area contributed by atoms with Crippen LogP contribution in [-0.2, 0) is 24.0 Å². The number of aliphatic carboxylic acids is 2. The Balaban J connectivity index is 1.27. The maximum Gasteiger partial charge on any atom is 0.352 e. The smallest absolute Gasteiger partial charge is 0.352 e. The fourth-order valence-electron chi connectivity index (χ4n) is 5.42. The number of carboxylic acid groups (broad SMARTS) is 2. The zero-order chi connectivity index (χ0) is 35.9. The summed E-state index contributed by atoms with van der Waals surface area (Å²) in [5.41, 5.74) is 3.79. The Kier molecular flexibility index (Phi) is 10.0. The predicted octanol–water partition coefficient (Wildman–Crippen LogP) is 0.959. The molecule has 0 bridgehead atoms. The van der Waals surface area contributed by atoms with Gasteiger partial charge in [-0.1, -0.05) is 16.8 Å². The fraction of sp³-hybridized carbons (Fsp3) is 0.414. The van der Waals surface area contributed by atoms with Crippen molar-refractivity contribution in [3.63, 3.8) is 0 Å². The number of phenolic OH excluding ortho intramolecular Hbond substituents is 2. The highest BCUT2D eigenvalue weighted by molar-refractivity contribution is 8.00. The first-order valence-corrected chi connectivity index (χ1v) is 16.9. The molecule has 3 amide bonds. The van der Waals surface area contributed by atoms with Crippen LogP contribution in [0.15, 0.2) is 33.9 Å². The summed E-state index contributed by atoms with van der Waals surface area (Å²) in [5.74, 6) is -5.47. The van der Waals surface area contributed by atoms with Gasteiger partial charge in [0, 0.05) is 36.8 Å². The maximum atomic E-state index is 13.3. The van der Waals surface area contributed by atoms with Crippen LogP contribution in [0.5, 0.6) is 11.5 Å². The number of nitrogens with one attached hydrogen (secondary N) is 1. The highest BCUT2D eigenvalue weighted by Crippen LogP contribution is 2.41. The molecule has 262 valence electrons. The van der Waals surface area contributed by atoms with E-state index in [9.17, 15) is 44.4 Å². The van der Waals surface area contributed by atoms with Crippen LogP contribution >= 0.6 is 34.7 Å². The number of phenols is 2. The Bertz CT molecular complexity index is 1800. The number of nitrogens with zero attached hydrogens (tertiary/aromatic N) is 5. The van der Waals surface area contributed by atoms with Crippen molar-refractivity contribution in [2.75, 3.05) is 38.2 Å². The number of hydrogen-bond acceptors (Lipinski definition) is 14. The molecule has 2 aromatic rings. The van der Waals surface area contributed by atoms with Gasteiger partial charge in [-0.2, -0.15) is 0 Å². The number of likely N-dealkylation sites (tertiary alicyclic amines) is 1. The molecule has 4 heterocycles. The SMILES string of the molecule is CN(CC1=C(C(=O)O)N2C(=O)[C@@H](NC(=O)/C(=N\OC(C)(C)C(=O)O)c3csc(N)n3)[C@H]2SC1)[C@@H]1CCN(C(=O)c2ccc(O)c(O)c2Cl)C1. The van der Waals surface area contributed by atoms with Gasteiger partial charge in [0.15, 0.2) is 22.3 Å². The lowest BCUT2D eigenvalue weighted by Crippen LogP contribution is -2.71. The fourth-order valence-corrected chi connectivity index (χ4v) is 7.54. The number of carbonyl (C=O) groups is 5. The van der Waals surface area contributed by atoms with Crippen molar-refractivity contribution in [3.05, 3.63) is 45.1 Å². The van der Waals surface area contributed by atoms with Gasteiger partial charge < -0.3 is 41.2 Å². The van der Waals surface area contributed by atoms with Crippen LogP contribution in [0, 0.1) is 0 Å². The average Bonchev–Trinajstić information content (AvgIpc) is 3.71. The third-order valence-corrected chi connectivity index (χ3v) is 10.6. The molecule has 3 aliphatic rings. The molecule has 2 fully saturated rings. The van der Waals surface area contributed by atoms with Gasteiger partial charge in [0.1, 0.15) is 22.8 Å². The van der Waals surface area contributed by atoms with Crippen LogP contribution in [0.3, 0.4) is 0 Å². The number of thiazole rings is 1. The maximum absolute atomic E-state index is 13.3. The van der Waals surface area contributed by atoms with Gasteiger partial charge in [-0.05, 0) is 45.0 Å². The third-order valence-electron chi connectivity index (χ3n) is 8.24. The Hall–Kier alpha value is -4.59. The number of halogens is 1. The van der Waals surface area contributed by atoms with Crippen molar-refractivity contribution >= 4 is 75.2 Å². The quantitative estimate of drug-likeness (QED) is 0.0814. The van der Waals surface area contributed by atoms with Crippen molar-refractivity contribution in [1.82, 2.24) is 25.0 Å². The van der Waals surface area contributed by atoms with Gasteiger partial charge in [0.05, 0.1) is 10.6 Å². The zero-order valence-corrected chi connectivity index (χ0v) is 28.6. The number of benzene rings is 1. The first kappa shape index (κ1) is 35.7. The molecule has 0 saturated carbocycles. The number of likely N-dealkylation sites (N-methyl/N-ethyl adjacent to an activating group) is 1. The van der Waals surface area contributed by atoms with E-state index >= 15 is 0 Å². The van der Waals surface area contributed by atoms with E-state index < -0.39 is 63.9 Å². The molecule has 20 heteroatoms. The van der Waals surface area contributed by atoms with Gasteiger partial charge in [-0.3, -0.25) is 24.2 Å². The van der Waals surface area contributed by atoms with Crippen molar-refractivity contribution in [3.8, 4) is 11.5 Å². The normalized spacial score (nSPS) is 21.0.